The van der Waals surface area contributed by atoms with Crippen molar-refractivity contribution in [3.8, 4) is 5.75 Å². The van der Waals surface area contributed by atoms with E-state index in [1.54, 1.807) is 0 Å². The number of benzene rings is 2. The molecule has 0 saturated carbocycles. The lowest BCUT2D eigenvalue weighted by Gasteiger charge is -2.21. The molecule has 0 heterocycles. The van der Waals surface area contributed by atoms with Gasteiger partial charge in [-0.1, -0.05) is 63.6 Å². The molecule has 4 nitrogen and oxygen atoms in total. The number of fused-ring (bicyclic) bond motifs is 1. The van der Waals surface area contributed by atoms with E-state index < -0.39 is 0 Å². The third-order valence-corrected chi connectivity index (χ3v) is 3.96. The number of hydrogen-bond donors (Lipinski definition) is 1. The van der Waals surface area contributed by atoms with E-state index in [9.17, 15) is 4.79 Å². The van der Waals surface area contributed by atoms with Crippen molar-refractivity contribution in [3.05, 3.63) is 42.5 Å². The quantitative estimate of drug-likeness (QED) is 0.653. The van der Waals surface area contributed by atoms with Crippen LogP contribution in [0.25, 0.3) is 10.8 Å². The molecule has 0 amide bonds. The molecule has 0 unspecified atom stereocenters. The standard InChI is InChI=1S/C21H29NO3/c1-4-5-13-21(23)25-18(14-22-16(2)3)15-24-20-12-8-10-17-9-6-7-11-19(17)20/h6-12,16,18,22H,4-5,13-15H2,1-3H3/t18-/m0/s1. The molecule has 0 saturated heterocycles. The predicted molar refractivity (Wildman–Crippen MR) is 102 cm³/mol. The van der Waals surface area contributed by atoms with E-state index in [0.29, 0.717) is 25.6 Å². The van der Waals surface area contributed by atoms with Gasteiger partial charge in [0.2, 0.25) is 0 Å². The number of carbonyl (C=O) groups excluding carboxylic acids is 1. The number of nitrogens with one attached hydrogen (secondary N) is 1. The van der Waals surface area contributed by atoms with Gasteiger partial charge in [0, 0.05) is 24.4 Å². The lowest BCUT2D eigenvalue weighted by Crippen LogP contribution is -2.38. The SMILES string of the molecule is CCCCC(=O)O[C@@H](CNC(C)C)COc1cccc2ccccc12. The minimum absolute atomic E-state index is 0.154. The smallest absolute Gasteiger partial charge is 0.306 e. The second kappa shape index (κ2) is 10.0. The van der Waals surface area contributed by atoms with Crippen LogP contribution in [0.4, 0.5) is 0 Å². The molecule has 0 aliphatic carbocycles. The summed E-state index contributed by atoms with van der Waals surface area (Å²) in [6, 6.07) is 14.4. The highest BCUT2D eigenvalue weighted by atomic mass is 16.6. The molecule has 4 heteroatoms. The van der Waals surface area contributed by atoms with E-state index in [1.165, 1.54) is 0 Å². The van der Waals surface area contributed by atoms with E-state index >= 15 is 0 Å². The monoisotopic (exact) mass is 343 g/mol. The normalized spacial score (nSPS) is 12.3. The Morgan fingerprint density at radius 2 is 1.88 bits per heavy atom. The van der Waals surface area contributed by atoms with Gasteiger partial charge in [-0.05, 0) is 17.9 Å². The molecule has 25 heavy (non-hydrogen) atoms. The summed E-state index contributed by atoms with van der Waals surface area (Å²) in [5, 5.41) is 5.53. The summed E-state index contributed by atoms with van der Waals surface area (Å²) in [6.45, 7) is 7.13. The van der Waals surface area contributed by atoms with Crippen LogP contribution in [0.15, 0.2) is 42.5 Å². The van der Waals surface area contributed by atoms with Crippen molar-refractivity contribution in [2.75, 3.05) is 13.2 Å². The first-order valence-electron chi connectivity index (χ1n) is 9.13. The number of unbranched alkanes of at least 4 members (excludes halogenated alkanes) is 1. The van der Waals surface area contributed by atoms with Gasteiger partial charge in [0.05, 0.1) is 0 Å². The highest BCUT2D eigenvalue weighted by molar-refractivity contribution is 5.88. The maximum absolute atomic E-state index is 12.0. The van der Waals surface area contributed by atoms with E-state index in [-0.39, 0.29) is 12.1 Å². The Kier molecular flexibility index (Phi) is 7.74. The molecule has 0 aromatic heterocycles. The molecular weight excluding hydrogens is 314 g/mol. The summed E-state index contributed by atoms with van der Waals surface area (Å²) in [5.74, 6) is 0.663. The lowest BCUT2D eigenvalue weighted by atomic mass is 10.1. The molecule has 2 rings (SSSR count). The second-order valence-corrected chi connectivity index (χ2v) is 6.57. The fourth-order valence-corrected chi connectivity index (χ4v) is 2.57. The summed E-state index contributed by atoms with van der Waals surface area (Å²) in [4.78, 5) is 12.0. The average molecular weight is 343 g/mol. The first-order valence-corrected chi connectivity index (χ1v) is 9.13. The number of rotatable bonds is 10. The molecule has 1 atom stereocenters. The summed E-state index contributed by atoms with van der Waals surface area (Å²) >= 11 is 0. The minimum Gasteiger partial charge on any atom is -0.489 e. The number of ether oxygens (including phenoxy) is 2. The van der Waals surface area contributed by atoms with Crippen molar-refractivity contribution in [3.63, 3.8) is 0 Å². The largest absolute Gasteiger partial charge is 0.489 e. The van der Waals surface area contributed by atoms with Gasteiger partial charge < -0.3 is 14.8 Å². The van der Waals surface area contributed by atoms with Gasteiger partial charge in [0.25, 0.3) is 0 Å². The summed E-state index contributed by atoms with van der Waals surface area (Å²) in [7, 11) is 0. The second-order valence-electron chi connectivity index (χ2n) is 6.57. The first-order chi connectivity index (χ1) is 12.1. The Morgan fingerprint density at radius 3 is 2.64 bits per heavy atom. The van der Waals surface area contributed by atoms with Crippen LogP contribution in [0.3, 0.4) is 0 Å². The molecule has 0 aliphatic heterocycles. The van der Waals surface area contributed by atoms with Gasteiger partial charge in [-0.3, -0.25) is 4.79 Å². The fraction of sp³-hybridized carbons (Fsp3) is 0.476. The van der Waals surface area contributed by atoms with Crippen LogP contribution in [0, 0.1) is 0 Å². The van der Waals surface area contributed by atoms with Crippen LogP contribution in [-0.2, 0) is 9.53 Å². The molecule has 0 spiro atoms. The third-order valence-electron chi connectivity index (χ3n) is 3.96. The number of hydrogen-bond acceptors (Lipinski definition) is 4. The van der Waals surface area contributed by atoms with Crippen molar-refractivity contribution in [2.24, 2.45) is 0 Å². The van der Waals surface area contributed by atoms with E-state index in [2.05, 4.69) is 38.2 Å². The van der Waals surface area contributed by atoms with Crippen LogP contribution in [0.2, 0.25) is 0 Å². The van der Waals surface area contributed by atoms with Crippen molar-refractivity contribution in [1.82, 2.24) is 5.32 Å². The Morgan fingerprint density at radius 1 is 1.12 bits per heavy atom. The summed E-state index contributed by atoms with van der Waals surface area (Å²) in [5.41, 5.74) is 0. The van der Waals surface area contributed by atoms with Crippen LogP contribution in [-0.4, -0.2) is 31.3 Å². The van der Waals surface area contributed by atoms with Crippen LogP contribution < -0.4 is 10.1 Å². The maximum Gasteiger partial charge on any atom is 0.306 e. The number of carbonyl (C=O) groups is 1. The third kappa shape index (κ3) is 6.39. The van der Waals surface area contributed by atoms with Crippen LogP contribution in [0.5, 0.6) is 5.75 Å². The zero-order valence-electron chi connectivity index (χ0n) is 15.5. The van der Waals surface area contributed by atoms with Crippen molar-refractivity contribution >= 4 is 16.7 Å². The van der Waals surface area contributed by atoms with Crippen molar-refractivity contribution in [1.29, 1.82) is 0 Å². The number of esters is 1. The Hall–Kier alpha value is -2.07. The van der Waals surface area contributed by atoms with Crippen molar-refractivity contribution in [2.45, 2.75) is 52.2 Å². The van der Waals surface area contributed by atoms with E-state index in [0.717, 1.165) is 29.4 Å². The predicted octanol–water partition coefficient (Wildman–Crippen LogP) is 4.32. The Labute approximate surface area is 150 Å². The highest BCUT2D eigenvalue weighted by Gasteiger charge is 2.16. The van der Waals surface area contributed by atoms with Gasteiger partial charge >= 0.3 is 5.97 Å². The molecule has 2 aromatic carbocycles. The van der Waals surface area contributed by atoms with Crippen LogP contribution >= 0.6 is 0 Å². The topological polar surface area (TPSA) is 47.6 Å². The van der Waals surface area contributed by atoms with Gasteiger partial charge in [0.1, 0.15) is 18.5 Å². The zero-order valence-corrected chi connectivity index (χ0v) is 15.5. The van der Waals surface area contributed by atoms with Crippen LogP contribution in [0.1, 0.15) is 40.0 Å². The molecule has 136 valence electrons. The maximum atomic E-state index is 12.0. The van der Waals surface area contributed by atoms with Crippen molar-refractivity contribution < 1.29 is 14.3 Å². The lowest BCUT2D eigenvalue weighted by molar-refractivity contribution is -0.150. The highest BCUT2D eigenvalue weighted by Crippen LogP contribution is 2.25. The minimum atomic E-state index is -0.300. The average Bonchev–Trinajstić information content (AvgIpc) is 2.62. The Bertz CT molecular complexity index is 664. The first kappa shape index (κ1) is 19.3. The molecule has 0 fully saturated rings. The molecule has 0 bridgehead atoms. The zero-order chi connectivity index (χ0) is 18.1. The molecule has 2 aromatic rings. The van der Waals surface area contributed by atoms with Gasteiger partial charge in [0.15, 0.2) is 0 Å². The Balaban J connectivity index is 2.00. The molecular formula is C21H29NO3. The fourth-order valence-electron chi connectivity index (χ4n) is 2.57. The molecule has 1 N–H and O–H groups in total. The summed E-state index contributed by atoms with van der Waals surface area (Å²) in [6.07, 6.45) is 2.00. The van der Waals surface area contributed by atoms with Gasteiger partial charge in [-0.15, -0.1) is 0 Å². The molecule has 0 aliphatic rings. The van der Waals surface area contributed by atoms with Gasteiger partial charge in [-0.2, -0.15) is 0 Å². The van der Waals surface area contributed by atoms with E-state index in [1.807, 2.05) is 30.3 Å². The molecule has 0 radical (unpaired) electrons. The summed E-state index contributed by atoms with van der Waals surface area (Å²) < 4.78 is 11.6. The van der Waals surface area contributed by atoms with E-state index in [4.69, 9.17) is 9.47 Å². The van der Waals surface area contributed by atoms with Gasteiger partial charge in [-0.25, -0.2) is 0 Å².